The Morgan fingerprint density at radius 2 is 2.10 bits per heavy atom. The summed E-state index contributed by atoms with van der Waals surface area (Å²) in [6, 6.07) is 2.18. The molecule has 0 unspecified atom stereocenters. The molecule has 3 nitrogen and oxygen atoms in total. The molecule has 3 rings (SSSR count). The number of rotatable bonds is 5. The van der Waals surface area contributed by atoms with E-state index >= 15 is 0 Å². The summed E-state index contributed by atoms with van der Waals surface area (Å²) in [6.07, 6.45) is 3.58. The second-order valence-electron chi connectivity index (χ2n) is 5.50. The van der Waals surface area contributed by atoms with Crippen molar-refractivity contribution in [2.45, 2.75) is 46.0 Å². The average molecular weight is 287 g/mol. The van der Waals surface area contributed by atoms with Gasteiger partial charge in [0.05, 0.1) is 5.69 Å². The zero-order valence-electron chi connectivity index (χ0n) is 12.4. The quantitative estimate of drug-likeness (QED) is 0.878. The average Bonchev–Trinajstić information content (AvgIpc) is 3.20. The molecule has 0 amide bonds. The number of aromatic nitrogens is 2. The van der Waals surface area contributed by atoms with Gasteiger partial charge in [0.25, 0.3) is 0 Å². The van der Waals surface area contributed by atoms with Crippen molar-refractivity contribution < 1.29 is 0 Å². The van der Waals surface area contributed by atoms with Crippen LogP contribution < -0.4 is 5.32 Å². The Balaban J connectivity index is 2.07. The molecular formula is C16H21N3S. The molecule has 2 heterocycles. The Bertz CT molecular complexity index is 614. The van der Waals surface area contributed by atoms with Crippen molar-refractivity contribution in [3.05, 3.63) is 27.7 Å². The smallest absolute Gasteiger partial charge is 0.134 e. The van der Waals surface area contributed by atoms with Crippen LogP contribution in [-0.4, -0.2) is 16.5 Å². The van der Waals surface area contributed by atoms with Gasteiger partial charge in [-0.15, -0.1) is 11.3 Å². The molecule has 0 spiro atoms. The Kier molecular flexibility index (Phi) is 3.74. The Morgan fingerprint density at radius 1 is 1.30 bits per heavy atom. The highest BCUT2D eigenvalue weighted by molar-refractivity contribution is 7.10. The molecule has 0 bridgehead atoms. The molecule has 1 N–H and O–H groups in total. The Hall–Kier alpha value is -1.42. The third-order valence-corrected chi connectivity index (χ3v) is 4.61. The predicted molar refractivity (Wildman–Crippen MR) is 85.6 cm³/mol. The summed E-state index contributed by atoms with van der Waals surface area (Å²) in [5.41, 5.74) is 3.54. The number of hydrogen-bond donors (Lipinski definition) is 1. The van der Waals surface area contributed by atoms with E-state index in [0.717, 1.165) is 30.3 Å². The maximum Gasteiger partial charge on any atom is 0.134 e. The lowest BCUT2D eigenvalue weighted by Gasteiger charge is -2.13. The van der Waals surface area contributed by atoms with Crippen molar-refractivity contribution in [2.75, 3.05) is 11.9 Å². The molecule has 1 saturated carbocycles. The van der Waals surface area contributed by atoms with Crippen molar-refractivity contribution in [1.82, 2.24) is 9.97 Å². The summed E-state index contributed by atoms with van der Waals surface area (Å²) in [6.45, 7) is 7.43. The first-order valence-electron chi connectivity index (χ1n) is 7.37. The lowest BCUT2D eigenvalue weighted by atomic mass is 10.1. The summed E-state index contributed by atoms with van der Waals surface area (Å²) < 4.78 is 0. The van der Waals surface area contributed by atoms with E-state index in [0.29, 0.717) is 5.92 Å². The van der Waals surface area contributed by atoms with Gasteiger partial charge < -0.3 is 5.32 Å². The van der Waals surface area contributed by atoms with Gasteiger partial charge in [-0.1, -0.05) is 6.92 Å². The predicted octanol–water partition coefficient (Wildman–Crippen LogP) is 4.52. The van der Waals surface area contributed by atoms with Crippen LogP contribution in [-0.2, 0) is 0 Å². The van der Waals surface area contributed by atoms with Crippen molar-refractivity contribution >= 4 is 17.2 Å². The van der Waals surface area contributed by atoms with E-state index in [4.69, 9.17) is 9.97 Å². The molecule has 0 atom stereocenters. The minimum Gasteiger partial charge on any atom is -0.370 e. The molecule has 2 aromatic rings. The van der Waals surface area contributed by atoms with Gasteiger partial charge in [0.15, 0.2) is 0 Å². The van der Waals surface area contributed by atoms with Gasteiger partial charge in [0.1, 0.15) is 11.6 Å². The fourth-order valence-corrected chi connectivity index (χ4v) is 3.07. The van der Waals surface area contributed by atoms with Crippen LogP contribution in [0.3, 0.4) is 0 Å². The van der Waals surface area contributed by atoms with Crippen LogP contribution >= 0.6 is 11.3 Å². The van der Waals surface area contributed by atoms with E-state index in [1.807, 2.05) is 0 Å². The van der Waals surface area contributed by atoms with Gasteiger partial charge in [0.2, 0.25) is 0 Å². The van der Waals surface area contributed by atoms with E-state index < -0.39 is 0 Å². The van der Waals surface area contributed by atoms with Gasteiger partial charge >= 0.3 is 0 Å². The molecule has 1 fully saturated rings. The first-order chi connectivity index (χ1) is 9.70. The minimum absolute atomic E-state index is 0.579. The second kappa shape index (κ2) is 5.52. The standard InChI is InChI=1S/C16H21N3S/c1-4-8-17-15-10(2)14(13-7-9-20-11(13)3)18-16(19-15)12-5-6-12/h7,9,12H,4-6,8H2,1-3H3,(H,17,18,19). The lowest BCUT2D eigenvalue weighted by Crippen LogP contribution is -2.08. The van der Waals surface area contributed by atoms with E-state index in [1.54, 1.807) is 11.3 Å². The molecule has 0 aromatic carbocycles. The Morgan fingerprint density at radius 3 is 2.70 bits per heavy atom. The number of hydrogen-bond acceptors (Lipinski definition) is 4. The van der Waals surface area contributed by atoms with Crippen LogP contribution in [0.15, 0.2) is 11.4 Å². The Labute approximate surface area is 124 Å². The summed E-state index contributed by atoms with van der Waals surface area (Å²) >= 11 is 1.78. The minimum atomic E-state index is 0.579. The highest BCUT2D eigenvalue weighted by Gasteiger charge is 2.28. The molecule has 0 saturated heterocycles. The molecule has 4 heteroatoms. The number of nitrogens with zero attached hydrogens (tertiary/aromatic N) is 2. The number of thiophene rings is 1. The van der Waals surface area contributed by atoms with Crippen LogP contribution in [0.25, 0.3) is 11.3 Å². The molecular weight excluding hydrogens is 266 g/mol. The van der Waals surface area contributed by atoms with Crippen LogP contribution in [0.1, 0.15) is 48.4 Å². The summed E-state index contributed by atoms with van der Waals surface area (Å²) in [7, 11) is 0. The van der Waals surface area contributed by atoms with Gasteiger partial charge in [-0.25, -0.2) is 9.97 Å². The molecule has 1 aliphatic rings. The van der Waals surface area contributed by atoms with Crippen molar-refractivity contribution in [1.29, 1.82) is 0 Å². The zero-order chi connectivity index (χ0) is 14.1. The van der Waals surface area contributed by atoms with E-state index in [2.05, 4.69) is 37.5 Å². The maximum atomic E-state index is 4.86. The summed E-state index contributed by atoms with van der Waals surface area (Å²) in [5, 5.41) is 5.60. The number of anilines is 1. The summed E-state index contributed by atoms with van der Waals surface area (Å²) in [4.78, 5) is 10.9. The highest BCUT2D eigenvalue weighted by atomic mass is 32.1. The van der Waals surface area contributed by atoms with E-state index in [1.165, 1.54) is 28.8 Å². The highest BCUT2D eigenvalue weighted by Crippen LogP contribution is 2.40. The van der Waals surface area contributed by atoms with E-state index in [-0.39, 0.29) is 0 Å². The zero-order valence-corrected chi connectivity index (χ0v) is 13.2. The van der Waals surface area contributed by atoms with Gasteiger partial charge in [-0.2, -0.15) is 0 Å². The SMILES string of the molecule is CCCNc1nc(C2CC2)nc(-c2ccsc2C)c1C. The first kappa shape index (κ1) is 13.6. The normalized spacial score (nSPS) is 14.6. The van der Waals surface area contributed by atoms with E-state index in [9.17, 15) is 0 Å². The van der Waals surface area contributed by atoms with Gasteiger partial charge in [-0.05, 0) is 44.6 Å². The molecule has 2 aromatic heterocycles. The topological polar surface area (TPSA) is 37.8 Å². The number of nitrogens with one attached hydrogen (secondary N) is 1. The third kappa shape index (κ3) is 2.57. The molecule has 1 aliphatic carbocycles. The van der Waals surface area contributed by atoms with Crippen molar-refractivity contribution in [3.63, 3.8) is 0 Å². The molecule has 0 radical (unpaired) electrons. The largest absolute Gasteiger partial charge is 0.370 e. The molecule has 106 valence electrons. The fourth-order valence-electron chi connectivity index (χ4n) is 2.37. The third-order valence-electron chi connectivity index (χ3n) is 3.76. The fraction of sp³-hybridized carbons (Fsp3) is 0.500. The monoisotopic (exact) mass is 287 g/mol. The van der Waals surface area contributed by atoms with Crippen molar-refractivity contribution in [3.8, 4) is 11.3 Å². The van der Waals surface area contributed by atoms with Gasteiger partial charge in [0, 0.05) is 28.5 Å². The van der Waals surface area contributed by atoms with Crippen molar-refractivity contribution in [2.24, 2.45) is 0 Å². The number of aryl methyl sites for hydroxylation is 1. The maximum absolute atomic E-state index is 4.86. The lowest BCUT2D eigenvalue weighted by molar-refractivity contribution is 0.902. The summed E-state index contributed by atoms with van der Waals surface area (Å²) in [5.74, 6) is 2.62. The van der Waals surface area contributed by atoms with Gasteiger partial charge in [-0.3, -0.25) is 0 Å². The van der Waals surface area contributed by atoms with Crippen LogP contribution in [0.2, 0.25) is 0 Å². The molecule has 0 aliphatic heterocycles. The van der Waals surface area contributed by atoms with Crippen LogP contribution in [0, 0.1) is 13.8 Å². The van der Waals surface area contributed by atoms with Crippen LogP contribution in [0.5, 0.6) is 0 Å². The first-order valence-corrected chi connectivity index (χ1v) is 8.25. The second-order valence-corrected chi connectivity index (χ2v) is 6.62. The van der Waals surface area contributed by atoms with Crippen LogP contribution in [0.4, 0.5) is 5.82 Å². The molecule has 20 heavy (non-hydrogen) atoms.